The van der Waals surface area contributed by atoms with E-state index in [1.165, 1.54) is 26.4 Å². The van der Waals surface area contributed by atoms with E-state index in [0.29, 0.717) is 12.1 Å². The summed E-state index contributed by atoms with van der Waals surface area (Å²) in [6, 6.07) is 10.0. The second-order valence-corrected chi connectivity index (χ2v) is 7.41. The fraction of sp³-hybridized carbons (Fsp3) is 0.348. The summed E-state index contributed by atoms with van der Waals surface area (Å²) >= 11 is 0. The van der Waals surface area contributed by atoms with Crippen LogP contribution in [-0.2, 0) is 13.0 Å². The van der Waals surface area contributed by atoms with Crippen molar-refractivity contribution < 1.29 is 28.1 Å². The largest absolute Gasteiger partial charge is 0.497 e. The zero-order chi connectivity index (χ0) is 24.5. The summed E-state index contributed by atoms with van der Waals surface area (Å²) in [6.45, 7) is 0.648. The lowest BCUT2D eigenvalue weighted by Gasteiger charge is -2.25. The number of aliphatic hydroxyl groups is 1. The highest BCUT2D eigenvalue weighted by Crippen LogP contribution is 2.18. The van der Waals surface area contributed by atoms with E-state index in [1.54, 1.807) is 7.11 Å². The Balaban J connectivity index is 1.76. The number of rotatable bonds is 12. The van der Waals surface area contributed by atoms with E-state index in [0.717, 1.165) is 17.4 Å². The first-order chi connectivity index (χ1) is 16.4. The number of nitrogens with one attached hydrogen (secondary N) is 2. The molecule has 0 saturated heterocycles. The fourth-order valence-corrected chi connectivity index (χ4v) is 3.31. The zero-order valence-electron chi connectivity index (χ0n) is 19.1. The Morgan fingerprint density at radius 1 is 0.882 bits per heavy atom. The minimum atomic E-state index is -0.981. The van der Waals surface area contributed by atoms with Gasteiger partial charge in [0.05, 0.1) is 33.5 Å². The molecule has 2 atom stereocenters. The summed E-state index contributed by atoms with van der Waals surface area (Å²) in [5.74, 6) is -0.603. The Morgan fingerprint density at radius 2 is 1.56 bits per heavy atom. The van der Waals surface area contributed by atoms with Crippen LogP contribution in [0.2, 0.25) is 0 Å². The van der Waals surface area contributed by atoms with E-state index in [2.05, 4.69) is 25.6 Å². The molecule has 3 rings (SSSR count). The van der Waals surface area contributed by atoms with Crippen LogP contribution in [0.3, 0.4) is 0 Å². The quantitative estimate of drug-likeness (QED) is 0.364. The van der Waals surface area contributed by atoms with Crippen molar-refractivity contribution in [1.29, 1.82) is 0 Å². The summed E-state index contributed by atoms with van der Waals surface area (Å²) in [7, 11) is 4.37. The average Bonchev–Trinajstić information content (AvgIpc) is 2.82. The van der Waals surface area contributed by atoms with E-state index in [-0.39, 0.29) is 30.9 Å². The molecule has 0 bridgehead atoms. The zero-order valence-corrected chi connectivity index (χ0v) is 19.1. The van der Waals surface area contributed by atoms with Crippen LogP contribution in [0, 0.1) is 11.6 Å². The number of methoxy groups -OCH3 is 3. The monoisotopic (exact) mass is 475 g/mol. The number of hydrogen-bond acceptors (Lipinski definition) is 9. The van der Waals surface area contributed by atoms with Gasteiger partial charge in [-0.3, -0.25) is 0 Å². The lowest BCUT2D eigenvalue weighted by molar-refractivity contribution is 0.148. The second kappa shape index (κ2) is 12.1. The van der Waals surface area contributed by atoms with Crippen molar-refractivity contribution in [3.05, 3.63) is 65.2 Å². The van der Waals surface area contributed by atoms with Gasteiger partial charge in [0.1, 0.15) is 17.4 Å². The van der Waals surface area contributed by atoms with Crippen LogP contribution in [-0.4, -0.2) is 60.1 Å². The molecule has 34 heavy (non-hydrogen) atoms. The lowest BCUT2D eigenvalue weighted by atomic mass is 10.0. The number of aromatic nitrogens is 3. The minimum absolute atomic E-state index is 0.00976. The molecule has 3 N–H and O–H groups in total. The number of aliphatic hydroxyl groups excluding tert-OH is 1. The van der Waals surface area contributed by atoms with E-state index in [4.69, 9.17) is 14.2 Å². The van der Waals surface area contributed by atoms with Crippen LogP contribution in [0.1, 0.15) is 11.1 Å². The molecule has 0 aliphatic carbocycles. The van der Waals surface area contributed by atoms with Gasteiger partial charge in [-0.15, -0.1) is 4.98 Å². The smallest absolute Gasteiger partial charge is 0.324 e. The molecule has 0 fully saturated rings. The van der Waals surface area contributed by atoms with E-state index >= 15 is 0 Å². The molecule has 1 aromatic heterocycles. The second-order valence-electron chi connectivity index (χ2n) is 7.41. The Bertz CT molecular complexity index is 1050. The van der Waals surface area contributed by atoms with Gasteiger partial charge in [0.15, 0.2) is 0 Å². The molecule has 0 saturated carbocycles. The predicted octanol–water partition coefficient (Wildman–Crippen LogP) is 2.35. The Kier molecular flexibility index (Phi) is 8.88. The summed E-state index contributed by atoms with van der Waals surface area (Å²) in [5, 5.41) is 17.1. The standard InChI is InChI=1S/C23H27F2N5O4/c1-32-18-6-4-5-14(9-18)12-26-13-20(31)19(10-15-7-16(24)11-17(25)8-15)27-21-28-22(33-2)30-23(29-21)34-3/h4-9,11,19-20,26,31H,10,12-13H2,1-3H3,(H,27,28,29,30)/t19-,20+/m0/s1. The van der Waals surface area contributed by atoms with Gasteiger partial charge in [-0.05, 0) is 41.8 Å². The molecular weight excluding hydrogens is 448 g/mol. The van der Waals surface area contributed by atoms with E-state index in [1.807, 2.05) is 24.3 Å². The summed E-state index contributed by atoms with van der Waals surface area (Å²) in [6.07, 6.45) is -0.891. The Hall–Kier alpha value is -3.57. The van der Waals surface area contributed by atoms with Crippen LogP contribution in [0.5, 0.6) is 17.8 Å². The van der Waals surface area contributed by atoms with Crippen molar-refractivity contribution in [2.75, 3.05) is 33.2 Å². The first-order valence-corrected chi connectivity index (χ1v) is 10.5. The molecule has 0 aliphatic heterocycles. The maximum Gasteiger partial charge on any atom is 0.324 e. The maximum atomic E-state index is 13.7. The Labute approximate surface area is 196 Å². The molecule has 0 spiro atoms. The molecule has 0 unspecified atom stereocenters. The average molecular weight is 475 g/mol. The number of halogens is 2. The van der Waals surface area contributed by atoms with Crippen LogP contribution in [0.25, 0.3) is 0 Å². The summed E-state index contributed by atoms with van der Waals surface area (Å²) < 4.78 is 42.8. The van der Waals surface area contributed by atoms with Gasteiger partial charge in [0.2, 0.25) is 5.95 Å². The normalized spacial score (nSPS) is 12.6. The molecule has 3 aromatic rings. The Morgan fingerprint density at radius 3 is 2.18 bits per heavy atom. The first-order valence-electron chi connectivity index (χ1n) is 10.5. The van der Waals surface area contributed by atoms with Crippen LogP contribution >= 0.6 is 0 Å². The number of hydrogen-bond donors (Lipinski definition) is 3. The molecule has 182 valence electrons. The van der Waals surface area contributed by atoms with Crippen molar-refractivity contribution in [1.82, 2.24) is 20.3 Å². The number of anilines is 1. The molecule has 2 aromatic carbocycles. The van der Waals surface area contributed by atoms with E-state index in [9.17, 15) is 13.9 Å². The van der Waals surface area contributed by atoms with Gasteiger partial charge in [-0.2, -0.15) is 9.97 Å². The van der Waals surface area contributed by atoms with Crippen molar-refractivity contribution in [3.8, 4) is 17.8 Å². The van der Waals surface area contributed by atoms with Gasteiger partial charge < -0.3 is 30.0 Å². The summed E-state index contributed by atoms with van der Waals surface area (Å²) in [5.41, 5.74) is 1.32. The van der Waals surface area contributed by atoms with Crippen molar-refractivity contribution in [2.45, 2.75) is 25.1 Å². The van der Waals surface area contributed by atoms with Gasteiger partial charge in [-0.1, -0.05) is 12.1 Å². The topological polar surface area (TPSA) is 111 Å². The van der Waals surface area contributed by atoms with Crippen molar-refractivity contribution in [2.24, 2.45) is 0 Å². The van der Waals surface area contributed by atoms with Gasteiger partial charge in [-0.25, -0.2) is 8.78 Å². The highest BCUT2D eigenvalue weighted by molar-refractivity contribution is 5.32. The first kappa shape index (κ1) is 25.1. The van der Waals surface area contributed by atoms with Crippen LogP contribution in [0.15, 0.2) is 42.5 Å². The third kappa shape index (κ3) is 7.22. The lowest BCUT2D eigenvalue weighted by Crippen LogP contribution is -2.42. The molecule has 9 nitrogen and oxygen atoms in total. The third-order valence-corrected chi connectivity index (χ3v) is 4.93. The number of benzene rings is 2. The number of ether oxygens (including phenoxy) is 3. The van der Waals surface area contributed by atoms with E-state index < -0.39 is 23.8 Å². The predicted molar refractivity (Wildman–Crippen MR) is 121 cm³/mol. The SMILES string of the molecule is COc1cccc(CNC[C@@H](O)[C@H](Cc2cc(F)cc(F)c2)Nc2nc(OC)nc(OC)n2)c1. The summed E-state index contributed by atoms with van der Waals surface area (Å²) in [4.78, 5) is 12.2. The number of nitrogens with zero attached hydrogens (tertiary/aromatic N) is 3. The highest BCUT2D eigenvalue weighted by Gasteiger charge is 2.22. The fourth-order valence-electron chi connectivity index (χ4n) is 3.31. The van der Waals surface area contributed by atoms with Gasteiger partial charge in [0.25, 0.3) is 0 Å². The highest BCUT2D eigenvalue weighted by atomic mass is 19.1. The van der Waals surface area contributed by atoms with Crippen molar-refractivity contribution in [3.63, 3.8) is 0 Å². The molecule has 0 radical (unpaired) electrons. The molecule has 11 heteroatoms. The van der Waals surface area contributed by atoms with Crippen molar-refractivity contribution >= 4 is 5.95 Å². The molecule has 0 aliphatic rings. The maximum absolute atomic E-state index is 13.7. The molecule has 1 heterocycles. The third-order valence-electron chi connectivity index (χ3n) is 4.93. The molecular formula is C23H27F2N5O4. The van der Waals surface area contributed by atoms with Crippen LogP contribution in [0.4, 0.5) is 14.7 Å². The van der Waals surface area contributed by atoms with Gasteiger partial charge in [0, 0.05) is 19.2 Å². The molecule has 0 amide bonds. The van der Waals surface area contributed by atoms with Crippen LogP contribution < -0.4 is 24.8 Å². The minimum Gasteiger partial charge on any atom is -0.497 e. The van der Waals surface area contributed by atoms with Gasteiger partial charge >= 0.3 is 12.0 Å².